The van der Waals surface area contributed by atoms with Crippen LogP contribution in [0.5, 0.6) is 0 Å². The molecular weight excluding hydrogens is 517 g/mol. The minimum Gasteiger partial charge on any atom is -0.486 e. The summed E-state index contributed by atoms with van der Waals surface area (Å²) in [6.07, 6.45) is 0. The van der Waals surface area contributed by atoms with Crippen molar-refractivity contribution in [3.8, 4) is 22.3 Å². The number of fused-ring (bicyclic) bond motifs is 6. The molecule has 2 aliphatic heterocycles. The maximum absolute atomic E-state index is 4.59. The van der Waals surface area contributed by atoms with Gasteiger partial charge in [0.2, 0.25) is 0 Å². The van der Waals surface area contributed by atoms with Gasteiger partial charge in [0.05, 0.1) is 0 Å². The summed E-state index contributed by atoms with van der Waals surface area (Å²) in [5.74, 6) is 3.06. The van der Waals surface area contributed by atoms with E-state index in [4.69, 9.17) is 0 Å². The van der Waals surface area contributed by atoms with E-state index in [1.165, 1.54) is 50.9 Å². The third kappa shape index (κ3) is 2.56. The molecule has 0 unspecified atom stereocenters. The van der Waals surface area contributed by atoms with E-state index in [1.807, 2.05) is 0 Å². The van der Waals surface area contributed by atoms with E-state index in [1.54, 1.807) is 0 Å². The largest absolute Gasteiger partial charge is 0.486 e. The predicted octanol–water partition coefficient (Wildman–Crippen LogP) is 5.78. The van der Waals surface area contributed by atoms with Gasteiger partial charge in [0.1, 0.15) is 5.84 Å². The van der Waals surface area contributed by atoms with Crippen LogP contribution in [0.2, 0.25) is 0 Å². The van der Waals surface area contributed by atoms with E-state index >= 15 is 0 Å². The molecule has 2 aliphatic rings. The van der Waals surface area contributed by atoms with Crippen LogP contribution in [0.1, 0.15) is 16.7 Å². The molecule has 0 N–H and O–H groups in total. The standard InChI is InChI=1S/C22H16N2S.Ir/c1-14-6-5-7-15(2)21(14)16-10-11-20-19(12-16)17-8-3-4-9-18(17)22-23-25-13-24(20)22;/h3-10,12-13H,1-2H3;/q-2;. The molecule has 0 saturated carbocycles. The zero-order valence-corrected chi connectivity index (χ0v) is 17.6. The summed E-state index contributed by atoms with van der Waals surface area (Å²) in [6.45, 7) is 4.34. The first-order chi connectivity index (χ1) is 12.2. The van der Waals surface area contributed by atoms with Crippen LogP contribution < -0.4 is 4.90 Å². The third-order valence-corrected chi connectivity index (χ3v) is 5.49. The molecule has 0 saturated heterocycles. The number of hydrogen-bond donors (Lipinski definition) is 0. The fourth-order valence-electron chi connectivity index (χ4n) is 3.77. The van der Waals surface area contributed by atoms with Crippen LogP contribution in [0, 0.1) is 25.8 Å². The average molecular weight is 533 g/mol. The van der Waals surface area contributed by atoms with Gasteiger partial charge in [-0.05, 0) is 13.8 Å². The maximum Gasteiger partial charge on any atom is 0.114 e. The van der Waals surface area contributed by atoms with E-state index in [0.717, 1.165) is 11.5 Å². The zero-order chi connectivity index (χ0) is 17.0. The van der Waals surface area contributed by atoms with Crippen LogP contribution in [0.15, 0.2) is 59.0 Å². The molecule has 26 heavy (non-hydrogen) atoms. The first-order valence-corrected chi connectivity index (χ1v) is 9.16. The second-order valence-corrected chi connectivity index (χ2v) is 7.06. The van der Waals surface area contributed by atoms with Crippen molar-refractivity contribution < 1.29 is 20.1 Å². The third-order valence-electron chi connectivity index (χ3n) is 4.91. The van der Waals surface area contributed by atoms with Crippen LogP contribution in [0.25, 0.3) is 22.3 Å². The molecule has 5 rings (SSSR count). The molecule has 0 bridgehead atoms. The quantitative estimate of drug-likeness (QED) is 0.292. The Morgan fingerprint density at radius 2 is 1.69 bits per heavy atom. The first kappa shape index (κ1) is 17.5. The smallest absolute Gasteiger partial charge is 0.114 e. The predicted molar refractivity (Wildman–Crippen MR) is 107 cm³/mol. The van der Waals surface area contributed by atoms with Gasteiger partial charge in [-0.3, -0.25) is 0 Å². The van der Waals surface area contributed by atoms with Crippen molar-refractivity contribution in [1.82, 2.24) is 0 Å². The van der Waals surface area contributed by atoms with Crippen molar-refractivity contribution >= 4 is 23.5 Å². The summed E-state index contributed by atoms with van der Waals surface area (Å²) in [7, 11) is 0. The summed E-state index contributed by atoms with van der Waals surface area (Å²) in [5.41, 5.74) is 9.82. The second-order valence-electron chi connectivity index (χ2n) is 6.46. The topological polar surface area (TPSA) is 15.6 Å². The summed E-state index contributed by atoms with van der Waals surface area (Å²) in [5, 5.41) is 0. The Kier molecular flexibility index (Phi) is 4.52. The summed E-state index contributed by atoms with van der Waals surface area (Å²) < 4.78 is 4.59. The van der Waals surface area contributed by atoms with E-state index in [9.17, 15) is 0 Å². The van der Waals surface area contributed by atoms with E-state index in [0.29, 0.717) is 0 Å². The van der Waals surface area contributed by atoms with Gasteiger partial charge in [0, 0.05) is 25.7 Å². The van der Waals surface area contributed by atoms with E-state index in [2.05, 4.69) is 89.7 Å². The molecule has 0 amide bonds. The second kappa shape index (κ2) is 6.70. The fourth-order valence-corrected chi connectivity index (χ4v) is 4.41. The number of anilines is 1. The number of benzene rings is 3. The maximum atomic E-state index is 4.59. The molecule has 3 aromatic rings. The fraction of sp³-hybridized carbons (Fsp3) is 0.0909. The van der Waals surface area contributed by atoms with Gasteiger partial charge in [-0.25, -0.2) is 4.40 Å². The number of aryl methyl sites for hydroxylation is 2. The molecule has 0 spiro atoms. The van der Waals surface area contributed by atoms with E-state index < -0.39 is 0 Å². The van der Waals surface area contributed by atoms with Gasteiger partial charge in [0.25, 0.3) is 0 Å². The Labute approximate surface area is 171 Å². The molecule has 1 radical (unpaired) electrons. The van der Waals surface area contributed by atoms with Crippen LogP contribution >= 0.6 is 11.9 Å². The number of rotatable bonds is 1. The normalized spacial score (nSPS) is 14.1. The van der Waals surface area contributed by atoms with Gasteiger partial charge in [-0.1, -0.05) is 70.4 Å². The summed E-state index contributed by atoms with van der Waals surface area (Å²) in [4.78, 5) is 2.15. The molecule has 2 heterocycles. The minimum atomic E-state index is 0. The van der Waals surface area contributed by atoms with Crippen molar-refractivity contribution in [2.75, 3.05) is 4.90 Å². The minimum absolute atomic E-state index is 0. The molecular formula is C22H16IrN2S-2. The number of amidine groups is 1. The molecule has 0 atom stereocenters. The Hall–Kier alpha value is -1.87. The zero-order valence-electron chi connectivity index (χ0n) is 14.4. The Morgan fingerprint density at radius 1 is 0.962 bits per heavy atom. The van der Waals surface area contributed by atoms with Crippen molar-refractivity contribution in [2.24, 2.45) is 4.40 Å². The summed E-state index contributed by atoms with van der Waals surface area (Å²) >= 11 is 1.48. The Morgan fingerprint density at radius 3 is 2.46 bits per heavy atom. The van der Waals surface area contributed by atoms with Crippen LogP contribution in [0.4, 0.5) is 5.69 Å². The molecule has 0 fully saturated rings. The molecule has 4 heteroatoms. The summed E-state index contributed by atoms with van der Waals surface area (Å²) in [6, 6.07) is 22.9. The molecule has 0 aromatic heterocycles. The Balaban J connectivity index is 0.00000168. The van der Waals surface area contributed by atoms with Gasteiger partial charge in [-0.2, -0.15) is 36.0 Å². The van der Waals surface area contributed by atoms with Crippen LogP contribution in [-0.2, 0) is 20.1 Å². The average Bonchev–Trinajstić information content (AvgIpc) is 3.12. The monoisotopic (exact) mass is 533 g/mol. The van der Waals surface area contributed by atoms with Gasteiger partial charge in [0.15, 0.2) is 0 Å². The SMILES string of the molecule is Cc1cccc(C)c1-c1c[c-]c2c(c1)-c1ccccc1C1=NS[CH-]N12.[Ir]. The first-order valence-electron chi connectivity index (χ1n) is 8.32. The van der Waals surface area contributed by atoms with Crippen LogP contribution in [0.3, 0.4) is 0 Å². The van der Waals surface area contributed by atoms with Crippen molar-refractivity contribution in [1.29, 1.82) is 0 Å². The Bertz CT molecular complexity index is 1020. The van der Waals surface area contributed by atoms with Gasteiger partial charge >= 0.3 is 0 Å². The van der Waals surface area contributed by atoms with Crippen molar-refractivity contribution in [2.45, 2.75) is 13.8 Å². The van der Waals surface area contributed by atoms with Gasteiger partial charge < -0.3 is 4.90 Å². The number of hydrogen-bond acceptors (Lipinski definition) is 3. The molecule has 131 valence electrons. The molecule has 2 nitrogen and oxygen atoms in total. The van der Waals surface area contributed by atoms with Crippen molar-refractivity contribution in [3.63, 3.8) is 0 Å². The van der Waals surface area contributed by atoms with E-state index in [-0.39, 0.29) is 20.1 Å². The number of nitrogens with zero attached hydrogens (tertiary/aromatic N) is 2. The van der Waals surface area contributed by atoms with Crippen LogP contribution in [-0.4, -0.2) is 5.84 Å². The molecule has 3 aromatic carbocycles. The molecule has 0 aliphatic carbocycles. The van der Waals surface area contributed by atoms with Crippen molar-refractivity contribution in [3.05, 3.63) is 83.2 Å². The van der Waals surface area contributed by atoms with Gasteiger partial charge in [-0.15, -0.1) is 11.1 Å².